The molecule has 4 heteroatoms. The highest BCUT2D eigenvalue weighted by Gasteiger charge is 2.47. The van der Waals surface area contributed by atoms with Crippen LogP contribution in [0.25, 0.3) is 0 Å². The van der Waals surface area contributed by atoms with Gasteiger partial charge in [0.2, 0.25) is 0 Å². The lowest BCUT2D eigenvalue weighted by molar-refractivity contribution is 0.0508. The van der Waals surface area contributed by atoms with Gasteiger partial charge in [-0.3, -0.25) is 0 Å². The number of nitrogens with two attached hydrogens (primary N) is 2. The average Bonchev–Trinajstić information content (AvgIpc) is 2.48. The Morgan fingerprint density at radius 3 is 2.78 bits per heavy atom. The third kappa shape index (κ3) is 2.91. The molecule has 124 valence electrons. The van der Waals surface area contributed by atoms with Crippen LogP contribution in [-0.2, 0) is 10.2 Å². The summed E-state index contributed by atoms with van der Waals surface area (Å²) in [6.45, 7) is 6.63. The minimum atomic E-state index is -0.437. The Morgan fingerprint density at radius 2 is 2.09 bits per heavy atom. The second-order valence-electron chi connectivity index (χ2n) is 7.32. The molecule has 0 bridgehead atoms. The number of allylic oxidation sites excluding steroid dienone is 2. The van der Waals surface area contributed by atoms with Crippen LogP contribution in [-0.4, -0.2) is 9.65 Å². The molecule has 1 aromatic carbocycles. The number of hydrogen-bond acceptors (Lipinski definition) is 3. The van der Waals surface area contributed by atoms with Crippen molar-refractivity contribution in [1.29, 1.82) is 0 Å². The SMILES string of the molecule is CC1CC(N)CC2=C1OC(I)(C(C)(C)c1cccc(N)c1)C=C2. The molecule has 0 saturated heterocycles. The molecule has 0 aromatic heterocycles. The predicted molar refractivity (Wildman–Crippen MR) is 104 cm³/mol. The summed E-state index contributed by atoms with van der Waals surface area (Å²) in [5.74, 6) is 1.48. The molecular weight excluding hydrogens is 399 g/mol. The van der Waals surface area contributed by atoms with Crippen LogP contribution in [0.15, 0.2) is 47.7 Å². The van der Waals surface area contributed by atoms with Gasteiger partial charge < -0.3 is 16.2 Å². The zero-order valence-corrected chi connectivity index (χ0v) is 16.1. The normalized spacial score (nSPS) is 30.8. The van der Waals surface area contributed by atoms with Gasteiger partial charge in [0.05, 0.1) is 0 Å². The van der Waals surface area contributed by atoms with Crippen LogP contribution in [0.3, 0.4) is 0 Å². The Kier molecular flexibility index (Phi) is 4.25. The second-order valence-corrected chi connectivity index (χ2v) is 8.92. The zero-order chi connectivity index (χ0) is 16.8. The van der Waals surface area contributed by atoms with Crippen molar-refractivity contribution in [3.63, 3.8) is 0 Å². The van der Waals surface area contributed by atoms with E-state index in [4.69, 9.17) is 16.2 Å². The summed E-state index contributed by atoms with van der Waals surface area (Å²) in [7, 11) is 0. The summed E-state index contributed by atoms with van der Waals surface area (Å²) in [5, 5.41) is 0. The number of anilines is 1. The fourth-order valence-corrected chi connectivity index (χ4v) is 4.25. The molecule has 1 aromatic rings. The van der Waals surface area contributed by atoms with Crippen LogP contribution in [0.2, 0.25) is 0 Å². The molecule has 0 radical (unpaired) electrons. The molecule has 0 spiro atoms. The molecular formula is C19H25IN2O. The number of halogens is 1. The van der Waals surface area contributed by atoms with Crippen LogP contribution in [0, 0.1) is 5.92 Å². The van der Waals surface area contributed by atoms with Gasteiger partial charge in [-0.1, -0.05) is 39.0 Å². The first-order valence-corrected chi connectivity index (χ1v) is 9.22. The van der Waals surface area contributed by atoms with Gasteiger partial charge in [-0.25, -0.2) is 0 Å². The Hall–Kier alpha value is -1.01. The highest BCUT2D eigenvalue weighted by molar-refractivity contribution is 14.1. The van der Waals surface area contributed by atoms with E-state index in [2.05, 4.69) is 61.6 Å². The van der Waals surface area contributed by atoms with Gasteiger partial charge >= 0.3 is 0 Å². The number of alkyl halides is 1. The summed E-state index contributed by atoms with van der Waals surface area (Å²) in [5.41, 5.74) is 15.2. The fourth-order valence-electron chi connectivity index (χ4n) is 3.52. The van der Waals surface area contributed by atoms with Gasteiger partial charge in [-0.05, 0) is 64.8 Å². The number of hydrogen-bond donors (Lipinski definition) is 2. The lowest BCUT2D eigenvalue weighted by Crippen LogP contribution is -2.46. The molecule has 2 aliphatic rings. The molecule has 1 aliphatic heterocycles. The lowest BCUT2D eigenvalue weighted by atomic mass is 9.76. The monoisotopic (exact) mass is 424 g/mol. The van der Waals surface area contributed by atoms with Gasteiger partial charge in [-0.15, -0.1) is 0 Å². The third-order valence-electron chi connectivity index (χ3n) is 5.12. The summed E-state index contributed by atoms with van der Waals surface area (Å²) >= 11 is 2.44. The van der Waals surface area contributed by atoms with E-state index >= 15 is 0 Å². The van der Waals surface area contributed by atoms with Crippen molar-refractivity contribution in [2.75, 3.05) is 5.73 Å². The Labute approximate surface area is 152 Å². The topological polar surface area (TPSA) is 61.3 Å². The molecule has 3 nitrogen and oxygen atoms in total. The van der Waals surface area contributed by atoms with Crippen LogP contribution in [0.1, 0.15) is 39.2 Å². The molecule has 3 rings (SSSR count). The largest absolute Gasteiger partial charge is 0.476 e. The maximum absolute atomic E-state index is 6.58. The van der Waals surface area contributed by atoms with Crippen LogP contribution < -0.4 is 11.5 Å². The average molecular weight is 424 g/mol. The van der Waals surface area contributed by atoms with E-state index in [0.717, 1.165) is 24.3 Å². The fraction of sp³-hybridized carbons (Fsp3) is 0.474. The van der Waals surface area contributed by atoms with Crippen molar-refractivity contribution >= 4 is 28.3 Å². The van der Waals surface area contributed by atoms with Crippen LogP contribution in [0.4, 0.5) is 5.69 Å². The van der Waals surface area contributed by atoms with E-state index < -0.39 is 3.61 Å². The van der Waals surface area contributed by atoms with Crippen molar-refractivity contribution in [3.05, 3.63) is 53.3 Å². The first-order valence-electron chi connectivity index (χ1n) is 8.15. The number of rotatable bonds is 2. The Morgan fingerprint density at radius 1 is 1.35 bits per heavy atom. The highest BCUT2D eigenvalue weighted by atomic mass is 127. The molecule has 3 atom stereocenters. The summed E-state index contributed by atoms with van der Waals surface area (Å²) in [4.78, 5) is 0. The first kappa shape index (κ1) is 16.8. The maximum atomic E-state index is 6.58. The van der Waals surface area contributed by atoms with Crippen LogP contribution in [0.5, 0.6) is 0 Å². The van der Waals surface area contributed by atoms with Gasteiger partial charge in [0, 0.05) is 23.1 Å². The zero-order valence-electron chi connectivity index (χ0n) is 14.0. The molecule has 0 amide bonds. The van der Waals surface area contributed by atoms with Crippen molar-refractivity contribution < 1.29 is 4.74 Å². The molecule has 23 heavy (non-hydrogen) atoms. The maximum Gasteiger partial charge on any atom is 0.186 e. The number of nitrogen functional groups attached to an aromatic ring is 1. The third-order valence-corrected chi connectivity index (χ3v) is 7.05. The van der Waals surface area contributed by atoms with Gasteiger partial charge in [-0.2, -0.15) is 0 Å². The molecule has 1 aliphatic carbocycles. The molecule has 0 fully saturated rings. The second kappa shape index (κ2) is 5.81. The molecule has 0 saturated carbocycles. The van der Waals surface area contributed by atoms with Crippen molar-refractivity contribution in [2.24, 2.45) is 11.7 Å². The molecule has 3 unspecified atom stereocenters. The van der Waals surface area contributed by atoms with Crippen molar-refractivity contribution in [1.82, 2.24) is 0 Å². The summed E-state index contributed by atoms with van der Waals surface area (Å²) in [6, 6.07) is 8.33. The van der Waals surface area contributed by atoms with Gasteiger partial charge in [0.15, 0.2) is 3.61 Å². The van der Waals surface area contributed by atoms with E-state index in [-0.39, 0.29) is 11.5 Å². The van der Waals surface area contributed by atoms with E-state index in [1.54, 1.807) is 0 Å². The molecule has 1 heterocycles. The molecule has 4 N–H and O–H groups in total. The smallest absolute Gasteiger partial charge is 0.186 e. The Bertz CT molecular complexity index is 680. The van der Waals surface area contributed by atoms with Crippen molar-refractivity contribution in [2.45, 2.75) is 48.7 Å². The predicted octanol–water partition coefficient (Wildman–Crippen LogP) is 4.28. The highest BCUT2D eigenvalue weighted by Crippen LogP contribution is 2.50. The quantitative estimate of drug-likeness (QED) is 0.424. The standard InChI is InChI=1S/C19H25IN2O/c1-12-9-16(22)10-13-7-8-19(20,23-17(12)13)18(2,3)14-5-4-6-15(21)11-14/h4-8,11-12,16H,9-10,21-22H2,1-3H3. The minimum absolute atomic E-state index is 0.211. The van der Waals surface area contributed by atoms with Crippen molar-refractivity contribution in [3.8, 4) is 0 Å². The number of ether oxygens (including phenoxy) is 1. The van der Waals surface area contributed by atoms with E-state index in [1.807, 2.05) is 18.2 Å². The minimum Gasteiger partial charge on any atom is -0.476 e. The summed E-state index contributed by atoms with van der Waals surface area (Å²) < 4.78 is 6.14. The summed E-state index contributed by atoms with van der Waals surface area (Å²) in [6.07, 6.45) is 6.29. The van der Waals surface area contributed by atoms with Gasteiger partial charge in [0.1, 0.15) is 5.76 Å². The number of benzene rings is 1. The van der Waals surface area contributed by atoms with Gasteiger partial charge in [0.25, 0.3) is 0 Å². The van der Waals surface area contributed by atoms with E-state index in [9.17, 15) is 0 Å². The Balaban J connectivity index is 1.96. The lowest BCUT2D eigenvalue weighted by Gasteiger charge is -2.46. The van der Waals surface area contributed by atoms with Crippen LogP contribution >= 0.6 is 22.6 Å². The van der Waals surface area contributed by atoms with E-state index in [1.165, 1.54) is 11.1 Å². The van der Waals surface area contributed by atoms with E-state index in [0.29, 0.717) is 5.92 Å². The first-order chi connectivity index (χ1) is 10.7.